The van der Waals surface area contributed by atoms with Crippen molar-refractivity contribution in [3.05, 3.63) is 218 Å². The standard InChI is InChI=1S/3C18H14F6OS.O.Sb/c3*19-15-11-12-16(20,18(23,24)17(15,21)22)26(25,13-7-3-1-4-8-13)14-9-5-2-6-10-14;;/h3*1-12,15,25H;;/q;;;;+3/p-3. The summed E-state index contributed by atoms with van der Waals surface area (Å²) in [5, 5.41) is -16.4. The molecule has 0 bridgehead atoms. The molecule has 0 saturated heterocycles. The number of rotatable bonds is 15. The topological polar surface area (TPSA) is 44.8 Å². The van der Waals surface area contributed by atoms with E-state index < -0.39 is 186 Å². The summed E-state index contributed by atoms with van der Waals surface area (Å²) in [6, 6.07) is 24.8. The second kappa shape index (κ2) is 20.3. The maximum absolute atomic E-state index is 19.3. The Balaban J connectivity index is 1.54. The summed E-state index contributed by atoms with van der Waals surface area (Å²) in [6.45, 7) is 0. The van der Waals surface area contributed by atoms with Gasteiger partial charge in [-0.25, -0.2) is 0 Å². The van der Waals surface area contributed by atoms with Crippen LogP contribution in [-0.4, -0.2) is 89.1 Å². The monoisotopic (exact) mass is 1310 g/mol. The summed E-state index contributed by atoms with van der Waals surface area (Å²) in [7, 11) is -18.5. The minimum absolute atomic E-state index is 0.428. The normalized spacial score (nSPS) is 28.8. The molecule has 4 nitrogen and oxygen atoms in total. The van der Waals surface area contributed by atoms with E-state index >= 15 is 82.0 Å². The van der Waals surface area contributed by atoms with E-state index in [4.69, 9.17) is 7.38 Å². The van der Waals surface area contributed by atoms with Crippen molar-refractivity contribution < 1.29 is 89.4 Å². The van der Waals surface area contributed by atoms with Gasteiger partial charge >= 0.3 is 457 Å². The van der Waals surface area contributed by atoms with Crippen LogP contribution in [0.15, 0.2) is 248 Å². The summed E-state index contributed by atoms with van der Waals surface area (Å²) in [4.78, 5) is -7.07. The fraction of sp³-hybridized carbons (Fsp3) is 0.222. The number of benzene rings is 6. The minimum atomic E-state index is -9.66. The van der Waals surface area contributed by atoms with Gasteiger partial charge in [-0.15, -0.1) is 0 Å². The number of alkyl halides is 18. The third-order valence-corrected chi connectivity index (χ3v) is 34.3. The van der Waals surface area contributed by atoms with Gasteiger partial charge in [0.1, 0.15) is 0 Å². The Labute approximate surface area is 454 Å². The SMILES string of the molecule is [O]=[Sb]([O]S(c1ccccc1)(c1ccccc1)C1(F)C=CC(F)C(F)(F)C1(F)F)([O]S(c1ccccc1)(c1ccccc1)C1(F)C=CC(F)C(F)(F)C1(F)F)[O]S(c1ccccc1)(c1ccccc1)C1(F)C=CC(F)C(F)(F)C1(F)F. The summed E-state index contributed by atoms with van der Waals surface area (Å²) < 4.78 is 342. The van der Waals surface area contributed by atoms with Gasteiger partial charge in [0.15, 0.2) is 0 Å². The molecule has 6 atom stereocenters. The van der Waals surface area contributed by atoms with Crippen LogP contribution < -0.4 is 0 Å². The first-order chi connectivity index (χ1) is 37.4. The molecular formula is C54H39F18O4S3Sb. The van der Waals surface area contributed by atoms with Gasteiger partial charge in [0.25, 0.3) is 0 Å². The van der Waals surface area contributed by atoms with Gasteiger partial charge in [-0.05, 0) is 0 Å². The quantitative estimate of drug-likeness (QED) is 0.0584. The Morgan fingerprint density at radius 1 is 0.300 bits per heavy atom. The Morgan fingerprint density at radius 2 is 0.463 bits per heavy atom. The number of hydrogen-bond acceptors (Lipinski definition) is 4. The van der Waals surface area contributed by atoms with Crippen LogP contribution in [0, 0.1) is 0 Å². The van der Waals surface area contributed by atoms with Crippen molar-refractivity contribution in [2.45, 2.75) is 98.4 Å². The van der Waals surface area contributed by atoms with Crippen LogP contribution in [0.4, 0.5) is 79.0 Å². The van der Waals surface area contributed by atoms with Crippen molar-refractivity contribution in [1.29, 1.82) is 0 Å². The second-order valence-electron chi connectivity index (χ2n) is 18.0. The Kier molecular flexibility index (Phi) is 15.1. The van der Waals surface area contributed by atoms with Crippen LogP contribution in [0.2, 0.25) is 0 Å². The first-order valence-corrected chi connectivity index (χ1v) is 32.1. The molecule has 26 heteroatoms. The van der Waals surface area contributed by atoms with Crippen molar-refractivity contribution in [3.63, 3.8) is 0 Å². The van der Waals surface area contributed by atoms with Gasteiger partial charge in [-0.1, -0.05) is 0 Å². The van der Waals surface area contributed by atoms with Crippen LogP contribution in [0.5, 0.6) is 0 Å². The number of hydrogen-bond donors (Lipinski definition) is 0. The molecular weight excluding hydrogens is 1270 g/mol. The summed E-state index contributed by atoms with van der Waals surface area (Å²) in [5.74, 6) is -38.2. The van der Waals surface area contributed by atoms with Crippen molar-refractivity contribution in [3.8, 4) is 0 Å². The van der Waals surface area contributed by atoms with Gasteiger partial charge in [0, 0.05) is 0 Å². The zero-order valence-corrected chi connectivity index (χ0v) is 45.1. The van der Waals surface area contributed by atoms with Crippen LogP contribution in [0.3, 0.4) is 0 Å². The van der Waals surface area contributed by atoms with E-state index in [0.717, 1.165) is 109 Å². The summed E-state index contributed by atoms with van der Waals surface area (Å²) in [5.41, 5.74) is 0. The zero-order chi connectivity index (χ0) is 58.3. The van der Waals surface area contributed by atoms with Crippen molar-refractivity contribution in [1.82, 2.24) is 0 Å². The summed E-state index contributed by atoms with van der Waals surface area (Å²) in [6.07, 6.45) is -15.0. The van der Waals surface area contributed by atoms with Crippen molar-refractivity contribution >= 4 is 51.0 Å². The molecule has 3 aliphatic carbocycles. The molecule has 80 heavy (non-hydrogen) atoms. The first kappa shape index (κ1) is 59.5. The van der Waals surface area contributed by atoms with E-state index in [-0.39, 0.29) is 0 Å². The molecule has 3 aliphatic rings. The molecule has 0 N–H and O–H groups in total. The molecule has 6 aromatic rings. The van der Waals surface area contributed by atoms with Crippen LogP contribution >= 0.6 is 30.9 Å². The van der Waals surface area contributed by atoms with Crippen LogP contribution in [0.25, 0.3) is 0 Å². The Morgan fingerprint density at radius 3 is 0.625 bits per heavy atom. The molecule has 0 amide bonds. The molecule has 0 fully saturated rings. The van der Waals surface area contributed by atoms with Gasteiger partial charge < -0.3 is 0 Å². The maximum atomic E-state index is 19.3. The summed E-state index contributed by atoms with van der Waals surface area (Å²) >= 11 is -9.66. The molecule has 6 unspecified atom stereocenters. The molecule has 428 valence electrons. The Hall–Kier alpha value is -5.17. The van der Waals surface area contributed by atoms with Crippen molar-refractivity contribution in [2.24, 2.45) is 0 Å². The average molecular weight is 1310 g/mol. The number of allylic oxidation sites excluding steroid dienone is 3. The van der Waals surface area contributed by atoms with Crippen LogP contribution in [-0.2, 0) is 10.4 Å². The Bertz CT molecular complexity index is 2870. The van der Waals surface area contributed by atoms with E-state index in [1.54, 1.807) is 0 Å². The van der Waals surface area contributed by atoms with Gasteiger partial charge in [-0.2, -0.15) is 0 Å². The molecule has 0 radical (unpaired) electrons. The molecule has 6 aromatic carbocycles. The molecule has 0 spiro atoms. The second-order valence-corrected chi connectivity index (χ2v) is 32.8. The third-order valence-electron chi connectivity index (χ3n) is 13.3. The molecule has 0 heterocycles. The fourth-order valence-corrected chi connectivity index (χ4v) is 35.8. The predicted octanol–water partition coefficient (Wildman–Crippen LogP) is 17.9. The average Bonchev–Trinajstić information content (AvgIpc) is 3.65. The third kappa shape index (κ3) is 8.22. The molecule has 0 saturated carbocycles. The van der Waals surface area contributed by atoms with Gasteiger partial charge in [-0.3, -0.25) is 0 Å². The number of halogens is 18. The van der Waals surface area contributed by atoms with E-state index in [2.05, 4.69) is 0 Å². The van der Waals surface area contributed by atoms with E-state index in [1.807, 2.05) is 0 Å². The zero-order valence-electron chi connectivity index (χ0n) is 40.1. The van der Waals surface area contributed by atoms with Crippen LogP contribution in [0.1, 0.15) is 0 Å². The van der Waals surface area contributed by atoms with E-state index in [9.17, 15) is 0 Å². The van der Waals surface area contributed by atoms with Crippen molar-refractivity contribution in [2.75, 3.05) is 0 Å². The predicted molar refractivity (Wildman–Crippen MR) is 264 cm³/mol. The molecule has 0 aromatic heterocycles. The van der Waals surface area contributed by atoms with Gasteiger partial charge in [0.2, 0.25) is 0 Å². The van der Waals surface area contributed by atoms with E-state index in [0.29, 0.717) is 72.8 Å². The van der Waals surface area contributed by atoms with E-state index in [1.165, 1.54) is 0 Å². The first-order valence-electron chi connectivity index (χ1n) is 23.3. The van der Waals surface area contributed by atoms with Gasteiger partial charge in [0.05, 0.1) is 0 Å². The fourth-order valence-electron chi connectivity index (χ4n) is 9.31. The molecule has 9 rings (SSSR count). The molecule has 0 aliphatic heterocycles.